The molecule has 0 saturated carbocycles. The predicted molar refractivity (Wildman–Crippen MR) is 156 cm³/mol. The van der Waals surface area contributed by atoms with Gasteiger partial charge in [0.15, 0.2) is 0 Å². The van der Waals surface area contributed by atoms with Crippen molar-refractivity contribution in [3.8, 4) is 22.3 Å². The Morgan fingerprint density at radius 1 is 0.703 bits per heavy atom. The predicted octanol–water partition coefficient (Wildman–Crippen LogP) is 7.53. The van der Waals surface area contributed by atoms with E-state index in [9.17, 15) is 8.42 Å². The fourth-order valence-corrected chi connectivity index (χ4v) is 6.00. The highest BCUT2D eigenvalue weighted by Crippen LogP contribution is 2.43. The Morgan fingerprint density at radius 2 is 1.08 bits per heavy atom. The Labute approximate surface area is 238 Å². The zero-order chi connectivity index (χ0) is 26.8. The second-order valence-corrected chi connectivity index (χ2v) is 12.5. The van der Waals surface area contributed by atoms with Crippen molar-refractivity contribution >= 4 is 56.2 Å². The quantitative estimate of drug-likeness (QED) is 0.269. The molecule has 0 heterocycles. The topological polar surface area (TPSA) is 34.1 Å². The lowest BCUT2D eigenvalue weighted by Gasteiger charge is -2.31. The maximum absolute atomic E-state index is 12.8. The molecule has 4 rings (SSSR count). The van der Waals surface area contributed by atoms with Crippen LogP contribution >= 0.6 is 46.4 Å². The first kappa shape index (κ1) is 27.7. The lowest BCUT2D eigenvalue weighted by atomic mass is 9.86. The van der Waals surface area contributed by atoms with Crippen LogP contribution in [0.4, 0.5) is 0 Å². The maximum atomic E-state index is 12.8. The number of hydrogen-bond donors (Lipinski definition) is 0. The second-order valence-electron chi connectivity index (χ2n) is 8.88. The molecular formula is C30H22Cl4O2S. The van der Waals surface area contributed by atoms with Gasteiger partial charge in [0.1, 0.15) is 9.75 Å². The van der Waals surface area contributed by atoms with E-state index in [0.29, 0.717) is 22.3 Å². The van der Waals surface area contributed by atoms with Gasteiger partial charge in [-0.05, 0) is 48.9 Å². The number of rotatable bonds is 2. The minimum Gasteiger partial charge on any atom is -0.202 e. The number of hydrogen-bond acceptors (Lipinski definition) is 2. The van der Waals surface area contributed by atoms with E-state index >= 15 is 0 Å². The third kappa shape index (κ3) is 5.88. The number of halogens is 4. The summed E-state index contributed by atoms with van der Waals surface area (Å²) in [6.07, 6.45) is 11.1. The molecule has 0 spiro atoms. The van der Waals surface area contributed by atoms with E-state index in [1.807, 2.05) is 38.2 Å². The van der Waals surface area contributed by atoms with Crippen molar-refractivity contribution in [2.45, 2.75) is 34.3 Å². The molecule has 2 aliphatic carbocycles. The van der Waals surface area contributed by atoms with Crippen molar-refractivity contribution in [3.05, 3.63) is 118 Å². The molecule has 2 aromatic rings. The summed E-state index contributed by atoms with van der Waals surface area (Å²) < 4.78 is 25.6. The van der Waals surface area contributed by atoms with Crippen molar-refractivity contribution in [2.75, 3.05) is 0 Å². The number of alkyl halides is 4. The fraction of sp³-hybridized carbons (Fsp3) is 0.200. The summed E-state index contributed by atoms with van der Waals surface area (Å²) in [4.78, 5) is -2.12. The lowest BCUT2D eigenvalue weighted by Crippen LogP contribution is -2.29. The molecule has 0 aliphatic heterocycles. The molecule has 2 aliphatic rings. The van der Waals surface area contributed by atoms with Gasteiger partial charge < -0.3 is 0 Å². The first-order valence-corrected chi connectivity index (χ1v) is 14.5. The van der Waals surface area contributed by atoms with Crippen LogP contribution in [-0.4, -0.2) is 19.2 Å². The van der Waals surface area contributed by atoms with Crippen LogP contribution in [0.1, 0.15) is 36.1 Å². The van der Waals surface area contributed by atoms with Gasteiger partial charge in [0.05, 0.1) is 10.8 Å². The van der Waals surface area contributed by atoms with Gasteiger partial charge in [-0.15, -0.1) is 46.4 Å². The fourth-order valence-electron chi connectivity index (χ4n) is 4.10. The van der Waals surface area contributed by atoms with Gasteiger partial charge in [-0.3, -0.25) is 0 Å². The van der Waals surface area contributed by atoms with Gasteiger partial charge in [-0.2, -0.15) is 0 Å². The van der Waals surface area contributed by atoms with E-state index in [2.05, 4.69) is 22.3 Å². The van der Waals surface area contributed by atoms with E-state index in [0.717, 1.165) is 11.1 Å². The SMILES string of the molecule is CC1=CC(Cl)C(Cl)(c2ccccc2C#CS(=O)(=O)C#Cc2ccccc2C2(Cl)C=CC(C)=CC2Cl)C=C1. The summed E-state index contributed by atoms with van der Waals surface area (Å²) in [7, 11) is -4.09. The minimum atomic E-state index is -4.09. The highest BCUT2D eigenvalue weighted by atomic mass is 35.5. The molecule has 0 bridgehead atoms. The molecule has 7 heteroatoms. The van der Waals surface area contributed by atoms with Crippen molar-refractivity contribution in [1.29, 1.82) is 0 Å². The molecule has 2 nitrogen and oxygen atoms in total. The number of allylic oxidation sites excluding steroid dienone is 8. The smallest absolute Gasteiger partial charge is 0.202 e. The molecular weight excluding hydrogens is 566 g/mol. The molecule has 0 aromatic heterocycles. The first-order valence-electron chi connectivity index (χ1n) is 11.4. The zero-order valence-corrected chi connectivity index (χ0v) is 23.8. The molecule has 0 fully saturated rings. The average molecular weight is 588 g/mol. The van der Waals surface area contributed by atoms with E-state index in [-0.39, 0.29) is 0 Å². The standard InChI is InChI=1S/C30H22Cl4O2S/c1-21-11-15-29(33,27(31)19-21)25-9-5-3-7-23(25)13-17-37(35,36)18-14-24-8-4-6-10-26(24)30(34)16-12-22(2)20-28(30)32/h3-12,15-16,19-20,27-28H,1-2H3. The highest BCUT2D eigenvalue weighted by Gasteiger charge is 2.38. The van der Waals surface area contributed by atoms with Crippen LogP contribution in [0.25, 0.3) is 0 Å². The van der Waals surface area contributed by atoms with E-state index < -0.39 is 30.3 Å². The number of benzene rings is 2. The summed E-state index contributed by atoms with van der Waals surface area (Å²) >= 11 is 26.9. The Morgan fingerprint density at radius 3 is 1.46 bits per heavy atom. The molecule has 0 saturated heterocycles. The first-order chi connectivity index (χ1) is 17.4. The third-order valence-corrected chi connectivity index (χ3v) is 9.15. The molecule has 4 atom stereocenters. The lowest BCUT2D eigenvalue weighted by molar-refractivity contribution is 0.615. The molecule has 2 aromatic carbocycles. The summed E-state index contributed by atoms with van der Waals surface area (Å²) in [5, 5.41) is 3.56. The summed E-state index contributed by atoms with van der Waals surface area (Å²) in [5.74, 6) is 5.47. The van der Waals surface area contributed by atoms with Gasteiger partial charge in [-0.25, -0.2) is 8.42 Å². The largest absolute Gasteiger partial charge is 0.284 e. The average Bonchev–Trinajstić information content (AvgIpc) is 2.87. The van der Waals surface area contributed by atoms with E-state index in [1.54, 1.807) is 60.7 Å². The molecule has 188 valence electrons. The van der Waals surface area contributed by atoms with Crippen LogP contribution in [0.2, 0.25) is 0 Å². The molecule has 4 unspecified atom stereocenters. The summed E-state index contributed by atoms with van der Waals surface area (Å²) in [5.41, 5.74) is 4.11. The van der Waals surface area contributed by atoms with Crippen LogP contribution in [0.3, 0.4) is 0 Å². The Hall–Kier alpha value is -2.37. The maximum Gasteiger partial charge on any atom is 0.284 e. The zero-order valence-electron chi connectivity index (χ0n) is 20.0. The van der Waals surface area contributed by atoms with Gasteiger partial charge in [0.25, 0.3) is 9.84 Å². The normalized spacial score (nSPS) is 26.8. The van der Waals surface area contributed by atoms with Gasteiger partial charge in [0, 0.05) is 21.6 Å². The monoisotopic (exact) mass is 586 g/mol. The van der Waals surface area contributed by atoms with Crippen LogP contribution < -0.4 is 0 Å². The van der Waals surface area contributed by atoms with Crippen molar-refractivity contribution in [2.24, 2.45) is 0 Å². The van der Waals surface area contributed by atoms with Gasteiger partial charge in [0.2, 0.25) is 0 Å². The highest BCUT2D eigenvalue weighted by molar-refractivity contribution is 8.00. The molecule has 0 amide bonds. The Bertz CT molecular complexity index is 1480. The van der Waals surface area contributed by atoms with Gasteiger partial charge in [-0.1, -0.05) is 84.0 Å². The van der Waals surface area contributed by atoms with Crippen molar-refractivity contribution in [1.82, 2.24) is 0 Å². The molecule has 0 N–H and O–H groups in total. The third-order valence-electron chi connectivity index (χ3n) is 6.12. The van der Waals surface area contributed by atoms with Crippen LogP contribution in [0, 0.1) is 22.3 Å². The molecule has 37 heavy (non-hydrogen) atoms. The van der Waals surface area contributed by atoms with Crippen LogP contribution in [0.5, 0.6) is 0 Å². The van der Waals surface area contributed by atoms with Crippen LogP contribution in [-0.2, 0) is 19.6 Å². The van der Waals surface area contributed by atoms with Crippen molar-refractivity contribution < 1.29 is 8.42 Å². The molecule has 0 radical (unpaired) electrons. The Balaban J connectivity index is 1.68. The van der Waals surface area contributed by atoms with E-state index in [4.69, 9.17) is 46.4 Å². The second kappa shape index (κ2) is 10.8. The minimum absolute atomic E-state index is 0.450. The summed E-state index contributed by atoms with van der Waals surface area (Å²) in [6.45, 7) is 3.86. The van der Waals surface area contributed by atoms with E-state index in [1.165, 1.54) is 0 Å². The van der Waals surface area contributed by atoms with Gasteiger partial charge >= 0.3 is 0 Å². The van der Waals surface area contributed by atoms with Crippen LogP contribution in [0.15, 0.2) is 96.1 Å². The number of sulfone groups is 1. The summed E-state index contributed by atoms with van der Waals surface area (Å²) in [6, 6.07) is 14.1. The van der Waals surface area contributed by atoms with Crippen molar-refractivity contribution in [3.63, 3.8) is 0 Å². The Kier molecular flexibility index (Phi) is 8.06.